The molecular formula is C4H9O3Re. The summed E-state index contributed by atoms with van der Waals surface area (Å²) in [5.74, 6) is 0. The summed E-state index contributed by atoms with van der Waals surface area (Å²) in [6.45, 7) is 2.22. The minimum atomic E-state index is 0. The Morgan fingerprint density at radius 1 is 1.12 bits per heavy atom. The van der Waals surface area contributed by atoms with E-state index in [0.29, 0.717) is 0 Å². The predicted octanol–water partition coefficient (Wildman–Crippen LogP) is 1.40. The average molecular weight is 291 g/mol. The van der Waals surface area contributed by atoms with E-state index in [-0.39, 0.29) is 16.4 Å². The molecule has 0 unspecified atom stereocenters. The quantitative estimate of drug-likeness (QED) is 0.736. The van der Waals surface area contributed by atoms with Gasteiger partial charge in [0.2, 0.25) is 0 Å². The Bertz CT molecular complexity index is 18.8. The average Bonchev–Trinajstić information content (AvgIpc) is 1.41. The minimum absolute atomic E-state index is 0. The standard InChI is InChI=1S/C4H9.3O.Re/c1-3-4-2;;;;/h1,3-4H2,2H3;;;;/q;3*-2;+6. The fourth-order valence-corrected chi connectivity index (χ4v) is 1.09. The molecule has 4 heteroatoms. The Morgan fingerprint density at radius 3 is 1.50 bits per heavy atom. The van der Waals surface area contributed by atoms with Crippen molar-refractivity contribution in [3.05, 3.63) is 0 Å². The molecule has 0 aliphatic carbocycles. The summed E-state index contributed by atoms with van der Waals surface area (Å²) in [5, 5.41) is 0. The maximum Gasteiger partial charge on any atom is -2.00 e. The van der Waals surface area contributed by atoms with Crippen molar-refractivity contribution in [2.75, 3.05) is 0 Å². The largest absolute Gasteiger partial charge is 2.00 e. The predicted molar refractivity (Wildman–Crippen MR) is 21.8 cm³/mol. The molecule has 0 aliphatic rings. The van der Waals surface area contributed by atoms with Crippen LogP contribution in [0.2, 0.25) is 4.89 Å². The SMILES string of the molecule is CCC[CH2][Re+6].[O-2].[O-2].[O-2]. The van der Waals surface area contributed by atoms with Crippen LogP contribution in [0.1, 0.15) is 19.8 Å². The van der Waals surface area contributed by atoms with Crippen LogP contribution in [0.25, 0.3) is 0 Å². The topological polar surface area (TPSA) is 85.5 Å². The van der Waals surface area contributed by atoms with Crippen LogP contribution in [0.5, 0.6) is 0 Å². The molecule has 0 radical (unpaired) electrons. The molecular weight excluding hydrogens is 282 g/mol. The molecule has 0 rings (SSSR count). The Labute approximate surface area is 60.8 Å². The molecule has 50 valence electrons. The first-order valence-electron chi connectivity index (χ1n) is 1.97. The van der Waals surface area contributed by atoms with Crippen molar-refractivity contribution in [3.8, 4) is 0 Å². The molecule has 0 N–H and O–H groups in total. The summed E-state index contributed by atoms with van der Waals surface area (Å²) in [6, 6.07) is 0. The number of rotatable bonds is 2. The second-order valence-electron chi connectivity index (χ2n) is 1.04. The summed E-state index contributed by atoms with van der Waals surface area (Å²) < 4.78 is 0. The second kappa shape index (κ2) is 25.7. The third-order valence-corrected chi connectivity index (χ3v) is 1.45. The van der Waals surface area contributed by atoms with Crippen molar-refractivity contribution >= 4 is 0 Å². The van der Waals surface area contributed by atoms with Gasteiger partial charge in [-0.2, -0.15) is 0 Å². The van der Waals surface area contributed by atoms with Gasteiger partial charge in [-0.3, -0.25) is 0 Å². The van der Waals surface area contributed by atoms with Crippen molar-refractivity contribution in [3.63, 3.8) is 0 Å². The van der Waals surface area contributed by atoms with Crippen LogP contribution in [-0.4, -0.2) is 0 Å². The van der Waals surface area contributed by atoms with Gasteiger partial charge in [-0.1, -0.05) is 0 Å². The van der Waals surface area contributed by atoms with Crippen molar-refractivity contribution in [1.82, 2.24) is 0 Å². The van der Waals surface area contributed by atoms with Crippen molar-refractivity contribution in [2.24, 2.45) is 0 Å². The Balaban J connectivity index is -0.0000000267. The zero-order valence-electron chi connectivity index (χ0n) is 4.72. The van der Waals surface area contributed by atoms with Crippen LogP contribution in [0.4, 0.5) is 0 Å². The second-order valence-corrected chi connectivity index (χ2v) is 2.40. The first-order chi connectivity index (χ1) is 2.41. The molecule has 0 bridgehead atoms. The summed E-state index contributed by atoms with van der Waals surface area (Å²) in [6.07, 6.45) is 2.77. The fourth-order valence-electron chi connectivity index (χ4n) is 0.134. The van der Waals surface area contributed by atoms with Crippen molar-refractivity contribution in [1.29, 1.82) is 0 Å². The smallest absolute Gasteiger partial charge is 2.00 e. The normalized spacial score (nSPS) is 5.38. The molecule has 3 nitrogen and oxygen atoms in total. The molecule has 0 atom stereocenters. The van der Waals surface area contributed by atoms with Gasteiger partial charge in [0.05, 0.1) is 0 Å². The van der Waals surface area contributed by atoms with Crippen LogP contribution in [0, 0.1) is 0 Å². The zero-order chi connectivity index (χ0) is 4.12. The van der Waals surface area contributed by atoms with Gasteiger partial charge in [-0.25, -0.2) is 0 Å². The van der Waals surface area contributed by atoms with Crippen LogP contribution in [0.15, 0.2) is 0 Å². The fraction of sp³-hybridized carbons (Fsp3) is 1.00. The van der Waals surface area contributed by atoms with Gasteiger partial charge < -0.3 is 16.4 Å². The third-order valence-electron chi connectivity index (χ3n) is 0.487. The molecule has 0 aromatic carbocycles. The van der Waals surface area contributed by atoms with E-state index in [0.717, 1.165) is 0 Å². The molecule has 0 aromatic heterocycles. The van der Waals surface area contributed by atoms with Gasteiger partial charge in [0.25, 0.3) is 0 Å². The van der Waals surface area contributed by atoms with Gasteiger partial charge in [0.1, 0.15) is 0 Å². The van der Waals surface area contributed by atoms with Crippen LogP contribution < -0.4 is 0 Å². The summed E-state index contributed by atoms with van der Waals surface area (Å²) in [5.41, 5.74) is 0. The third kappa shape index (κ3) is 31.1. The molecule has 0 fully saturated rings. The van der Waals surface area contributed by atoms with E-state index in [9.17, 15) is 0 Å². The molecule has 8 heavy (non-hydrogen) atoms. The Morgan fingerprint density at radius 2 is 1.50 bits per heavy atom. The van der Waals surface area contributed by atoms with E-state index >= 15 is 0 Å². The van der Waals surface area contributed by atoms with E-state index in [1.165, 1.54) is 17.7 Å². The molecule has 0 amide bonds. The summed E-state index contributed by atoms with van der Waals surface area (Å²) in [7, 11) is 0. The minimum Gasteiger partial charge on any atom is -2.00 e. The van der Waals surface area contributed by atoms with E-state index in [1.807, 2.05) is 19.2 Å². The Hall–Kier alpha value is 0.542. The van der Waals surface area contributed by atoms with Crippen LogP contribution in [0.3, 0.4) is 0 Å². The van der Waals surface area contributed by atoms with E-state index < -0.39 is 0 Å². The van der Waals surface area contributed by atoms with E-state index in [2.05, 4.69) is 6.92 Å². The molecule has 0 aromatic rings. The van der Waals surface area contributed by atoms with Gasteiger partial charge in [-0.05, 0) is 0 Å². The number of hydrogen-bond acceptors (Lipinski definition) is 0. The molecule has 0 aliphatic heterocycles. The summed E-state index contributed by atoms with van der Waals surface area (Å²) in [4.78, 5) is 1.40. The van der Waals surface area contributed by atoms with Crippen LogP contribution >= 0.6 is 0 Å². The number of unbranched alkanes of at least 4 members (excludes halogenated alkanes) is 1. The molecule has 0 saturated carbocycles. The van der Waals surface area contributed by atoms with E-state index in [4.69, 9.17) is 0 Å². The molecule has 0 spiro atoms. The van der Waals surface area contributed by atoms with Crippen molar-refractivity contribution < 1.29 is 35.6 Å². The zero-order valence-corrected chi connectivity index (χ0v) is 7.44. The first-order valence-corrected chi connectivity index (χ1v) is 3.89. The molecule has 0 saturated heterocycles. The first kappa shape index (κ1) is 23.6. The Kier molecular flexibility index (Phi) is 75.7. The maximum atomic E-state index is 2.22. The van der Waals surface area contributed by atoms with Crippen molar-refractivity contribution in [2.45, 2.75) is 24.7 Å². The van der Waals surface area contributed by atoms with Gasteiger partial charge >= 0.3 is 43.9 Å². The van der Waals surface area contributed by atoms with Crippen LogP contribution in [-0.2, 0) is 35.6 Å². The van der Waals surface area contributed by atoms with Gasteiger partial charge in [-0.15, -0.1) is 0 Å². The molecule has 0 heterocycles. The van der Waals surface area contributed by atoms with Gasteiger partial charge in [0, 0.05) is 0 Å². The van der Waals surface area contributed by atoms with Gasteiger partial charge in [0.15, 0.2) is 0 Å². The monoisotopic (exact) mass is 292 g/mol. The van der Waals surface area contributed by atoms with E-state index in [1.54, 1.807) is 0 Å². The number of hydrogen-bond donors (Lipinski definition) is 0. The summed E-state index contributed by atoms with van der Waals surface area (Å²) >= 11 is 1.89. The maximum absolute atomic E-state index is 2.22.